The van der Waals surface area contributed by atoms with E-state index in [1.54, 1.807) is 7.11 Å². The number of nitrogens with one attached hydrogen (secondary N) is 1. The second kappa shape index (κ2) is 6.66. The molecule has 0 aliphatic heterocycles. The van der Waals surface area contributed by atoms with Gasteiger partial charge in [-0.15, -0.1) is 0 Å². The molecule has 4 nitrogen and oxygen atoms in total. The molecular formula is C15H20ClN3O. The Morgan fingerprint density at radius 3 is 2.90 bits per heavy atom. The van der Waals surface area contributed by atoms with E-state index in [1.165, 1.54) is 0 Å². The first-order valence-electron chi connectivity index (χ1n) is 6.73. The number of hydrogen-bond donors (Lipinski definition) is 1. The molecule has 0 saturated heterocycles. The second-order valence-electron chi connectivity index (χ2n) is 4.69. The summed E-state index contributed by atoms with van der Waals surface area (Å²) in [5.41, 5.74) is 1.95. The van der Waals surface area contributed by atoms with Crippen LogP contribution in [0.25, 0.3) is 0 Å². The van der Waals surface area contributed by atoms with Crippen LogP contribution in [0.4, 0.5) is 5.69 Å². The average Bonchev–Trinajstić information content (AvgIpc) is 2.87. The van der Waals surface area contributed by atoms with Crippen molar-refractivity contribution in [3.63, 3.8) is 0 Å². The van der Waals surface area contributed by atoms with Gasteiger partial charge in [0.2, 0.25) is 0 Å². The summed E-state index contributed by atoms with van der Waals surface area (Å²) < 4.78 is 7.51. The molecule has 1 aromatic heterocycles. The Kier molecular flexibility index (Phi) is 4.90. The number of ether oxygens (including phenoxy) is 1. The Hall–Kier alpha value is -1.68. The zero-order valence-electron chi connectivity index (χ0n) is 12.1. The van der Waals surface area contributed by atoms with Gasteiger partial charge < -0.3 is 14.6 Å². The molecule has 0 fully saturated rings. The highest BCUT2D eigenvalue weighted by atomic mass is 35.5. The molecule has 0 radical (unpaired) electrons. The molecule has 0 bridgehead atoms. The second-order valence-corrected chi connectivity index (χ2v) is 5.10. The number of hydrogen-bond acceptors (Lipinski definition) is 3. The van der Waals surface area contributed by atoms with Crippen molar-refractivity contribution in [2.75, 3.05) is 12.4 Å². The SMILES string of the molecule is CCCn1ccnc1CNc1cc(C)c(Cl)cc1OC. The molecule has 0 aliphatic carbocycles. The fourth-order valence-electron chi connectivity index (χ4n) is 2.10. The lowest BCUT2D eigenvalue weighted by molar-refractivity contribution is 0.416. The number of halogens is 1. The minimum Gasteiger partial charge on any atom is -0.495 e. The number of aryl methyl sites for hydroxylation is 2. The number of nitrogens with zero attached hydrogens (tertiary/aromatic N) is 2. The lowest BCUT2D eigenvalue weighted by Crippen LogP contribution is -2.09. The zero-order chi connectivity index (χ0) is 14.5. The molecule has 0 amide bonds. The summed E-state index contributed by atoms with van der Waals surface area (Å²) in [4.78, 5) is 4.38. The van der Waals surface area contributed by atoms with Gasteiger partial charge in [-0.2, -0.15) is 0 Å². The van der Waals surface area contributed by atoms with Gasteiger partial charge in [0.25, 0.3) is 0 Å². The first-order valence-corrected chi connectivity index (χ1v) is 7.11. The van der Waals surface area contributed by atoms with Gasteiger partial charge in [0.15, 0.2) is 0 Å². The van der Waals surface area contributed by atoms with Crippen LogP contribution in [0.1, 0.15) is 24.7 Å². The topological polar surface area (TPSA) is 39.1 Å². The van der Waals surface area contributed by atoms with E-state index in [9.17, 15) is 0 Å². The number of methoxy groups -OCH3 is 1. The molecule has 20 heavy (non-hydrogen) atoms. The summed E-state index contributed by atoms with van der Waals surface area (Å²) in [6.07, 6.45) is 4.93. The Bertz CT molecular complexity index is 580. The van der Waals surface area contributed by atoms with Crippen molar-refractivity contribution in [3.8, 4) is 5.75 Å². The highest BCUT2D eigenvalue weighted by Gasteiger charge is 2.08. The predicted octanol–water partition coefficient (Wildman–Crippen LogP) is 3.88. The van der Waals surface area contributed by atoms with Crippen LogP contribution in [0.15, 0.2) is 24.5 Å². The van der Waals surface area contributed by atoms with Crippen LogP contribution in [-0.2, 0) is 13.1 Å². The van der Waals surface area contributed by atoms with Gasteiger partial charge in [-0.1, -0.05) is 18.5 Å². The fourth-order valence-corrected chi connectivity index (χ4v) is 2.25. The van der Waals surface area contributed by atoms with Gasteiger partial charge in [0.05, 0.1) is 19.3 Å². The van der Waals surface area contributed by atoms with E-state index in [0.29, 0.717) is 11.6 Å². The fraction of sp³-hybridized carbons (Fsp3) is 0.400. The summed E-state index contributed by atoms with van der Waals surface area (Å²) in [6.45, 7) is 5.77. The number of rotatable bonds is 6. The zero-order valence-corrected chi connectivity index (χ0v) is 12.9. The maximum Gasteiger partial charge on any atom is 0.143 e. The van der Waals surface area contributed by atoms with E-state index in [1.807, 2.05) is 31.5 Å². The normalized spacial score (nSPS) is 10.6. The molecule has 1 aromatic carbocycles. The minimum atomic E-state index is 0.657. The number of anilines is 1. The first kappa shape index (κ1) is 14.7. The summed E-state index contributed by atoms with van der Waals surface area (Å²) in [7, 11) is 1.64. The van der Waals surface area contributed by atoms with Gasteiger partial charge in [-0.05, 0) is 25.0 Å². The highest BCUT2D eigenvalue weighted by molar-refractivity contribution is 6.31. The summed E-state index contributed by atoms with van der Waals surface area (Å²) in [5.74, 6) is 1.76. The van der Waals surface area contributed by atoms with Crippen molar-refractivity contribution in [1.29, 1.82) is 0 Å². The molecule has 2 aromatic rings. The minimum absolute atomic E-state index is 0.657. The maximum absolute atomic E-state index is 6.11. The Labute approximate surface area is 124 Å². The molecule has 5 heteroatoms. The Morgan fingerprint density at radius 2 is 2.20 bits per heavy atom. The predicted molar refractivity (Wildman–Crippen MR) is 82.6 cm³/mol. The third kappa shape index (κ3) is 3.25. The Balaban J connectivity index is 2.14. The van der Waals surface area contributed by atoms with Gasteiger partial charge in [0, 0.05) is 30.0 Å². The quantitative estimate of drug-likeness (QED) is 0.878. The molecule has 2 rings (SSSR count). The molecule has 0 saturated carbocycles. The summed E-state index contributed by atoms with van der Waals surface area (Å²) >= 11 is 6.11. The average molecular weight is 294 g/mol. The third-order valence-electron chi connectivity index (χ3n) is 3.18. The van der Waals surface area contributed by atoms with Crippen LogP contribution in [0, 0.1) is 6.92 Å². The molecule has 0 aliphatic rings. The molecule has 0 unspecified atom stereocenters. The summed E-state index contributed by atoms with van der Waals surface area (Å²) in [5, 5.41) is 4.07. The van der Waals surface area contributed by atoms with Crippen molar-refractivity contribution in [2.24, 2.45) is 0 Å². The molecule has 1 heterocycles. The van der Waals surface area contributed by atoms with Crippen LogP contribution in [0.3, 0.4) is 0 Å². The van der Waals surface area contributed by atoms with Crippen LogP contribution >= 0.6 is 11.6 Å². The van der Waals surface area contributed by atoms with Crippen molar-refractivity contribution < 1.29 is 4.74 Å². The van der Waals surface area contributed by atoms with Gasteiger partial charge in [-0.25, -0.2) is 4.98 Å². The van der Waals surface area contributed by atoms with Crippen molar-refractivity contribution in [1.82, 2.24) is 9.55 Å². The Morgan fingerprint density at radius 1 is 1.40 bits per heavy atom. The molecular weight excluding hydrogens is 274 g/mol. The van der Waals surface area contributed by atoms with E-state index in [-0.39, 0.29) is 0 Å². The van der Waals surface area contributed by atoms with Crippen LogP contribution in [-0.4, -0.2) is 16.7 Å². The monoisotopic (exact) mass is 293 g/mol. The number of imidazole rings is 1. The third-order valence-corrected chi connectivity index (χ3v) is 3.59. The smallest absolute Gasteiger partial charge is 0.143 e. The molecule has 0 atom stereocenters. The molecule has 0 spiro atoms. The van der Waals surface area contributed by atoms with Crippen molar-refractivity contribution in [2.45, 2.75) is 33.4 Å². The largest absolute Gasteiger partial charge is 0.495 e. The lowest BCUT2D eigenvalue weighted by Gasteiger charge is -2.13. The van der Waals surface area contributed by atoms with Gasteiger partial charge >= 0.3 is 0 Å². The number of aromatic nitrogens is 2. The highest BCUT2D eigenvalue weighted by Crippen LogP contribution is 2.31. The summed E-state index contributed by atoms with van der Waals surface area (Å²) in [6, 6.07) is 3.83. The van der Waals surface area contributed by atoms with E-state index in [2.05, 4.69) is 21.8 Å². The molecule has 108 valence electrons. The van der Waals surface area contributed by atoms with E-state index in [0.717, 1.165) is 35.8 Å². The lowest BCUT2D eigenvalue weighted by atomic mass is 10.2. The van der Waals surface area contributed by atoms with E-state index in [4.69, 9.17) is 16.3 Å². The maximum atomic E-state index is 6.11. The van der Waals surface area contributed by atoms with Crippen LogP contribution in [0.2, 0.25) is 5.02 Å². The van der Waals surface area contributed by atoms with Crippen molar-refractivity contribution in [3.05, 3.63) is 40.9 Å². The van der Waals surface area contributed by atoms with E-state index < -0.39 is 0 Å². The van der Waals surface area contributed by atoms with E-state index >= 15 is 0 Å². The van der Waals surface area contributed by atoms with Crippen LogP contribution in [0.5, 0.6) is 5.75 Å². The molecule has 1 N–H and O–H groups in total. The van der Waals surface area contributed by atoms with Gasteiger partial charge in [0.1, 0.15) is 11.6 Å². The first-order chi connectivity index (χ1) is 9.65. The van der Waals surface area contributed by atoms with Crippen LogP contribution < -0.4 is 10.1 Å². The number of benzene rings is 1. The standard InChI is InChI=1S/C15H20ClN3O/c1-4-6-19-7-5-17-15(19)10-18-13-8-11(2)12(16)9-14(13)20-3/h5,7-9,18H,4,6,10H2,1-3H3. The van der Waals surface area contributed by atoms with Gasteiger partial charge in [-0.3, -0.25) is 0 Å². The van der Waals surface area contributed by atoms with Crippen molar-refractivity contribution >= 4 is 17.3 Å².